The highest BCUT2D eigenvalue weighted by Gasteiger charge is 2.31. The van der Waals surface area contributed by atoms with Crippen LogP contribution in [0.4, 0.5) is 18.9 Å². The van der Waals surface area contributed by atoms with Crippen molar-refractivity contribution in [2.24, 2.45) is 0 Å². The number of benzene rings is 2. The number of hydrogen-bond acceptors (Lipinski definition) is 4. The Balaban J connectivity index is 1.90. The maximum atomic E-state index is 12.7. The lowest BCUT2D eigenvalue weighted by Gasteiger charge is -2.08. The van der Waals surface area contributed by atoms with Gasteiger partial charge in [0.25, 0.3) is 11.2 Å². The van der Waals surface area contributed by atoms with E-state index in [1.807, 2.05) is 0 Å². The predicted octanol–water partition coefficient (Wildman–Crippen LogP) is 2.86. The van der Waals surface area contributed by atoms with Crippen LogP contribution in [0.5, 0.6) is 5.75 Å². The number of aromatic amines is 1. The molecule has 2 heterocycles. The van der Waals surface area contributed by atoms with E-state index in [9.17, 15) is 28.1 Å². The van der Waals surface area contributed by atoms with E-state index in [0.717, 1.165) is 22.9 Å². The highest BCUT2D eigenvalue weighted by atomic mass is 19.4. The van der Waals surface area contributed by atoms with Gasteiger partial charge < -0.3 is 4.74 Å². The zero-order valence-electron chi connectivity index (χ0n) is 13.8. The zero-order chi connectivity index (χ0) is 20.1. The summed E-state index contributed by atoms with van der Waals surface area (Å²) >= 11 is 0. The number of rotatable bonds is 3. The number of ether oxygens (including phenoxy) is 1. The van der Waals surface area contributed by atoms with E-state index in [1.54, 1.807) is 24.3 Å². The Morgan fingerprint density at radius 1 is 1.07 bits per heavy atom. The minimum absolute atomic E-state index is 0.0148. The van der Waals surface area contributed by atoms with E-state index >= 15 is 0 Å². The summed E-state index contributed by atoms with van der Waals surface area (Å²) in [5.74, 6) is -0.436. The van der Waals surface area contributed by atoms with Crippen molar-refractivity contribution in [1.82, 2.24) is 9.90 Å². The minimum Gasteiger partial charge on any atom is -0.406 e. The molecule has 0 saturated carbocycles. The molecule has 8 nitrogen and oxygen atoms in total. The van der Waals surface area contributed by atoms with Gasteiger partial charge in [-0.25, -0.2) is 4.79 Å². The van der Waals surface area contributed by atoms with E-state index in [0.29, 0.717) is 10.9 Å². The fraction of sp³-hybridized carbons (Fsp3) is 0.0588. The van der Waals surface area contributed by atoms with Gasteiger partial charge in [-0.3, -0.25) is 10.1 Å². The van der Waals surface area contributed by atoms with Crippen LogP contribution in [-0.2, 0) is 0 Å². The van der Waals surface area contributed by atoms with Gasteiger partial charge in [0.05, 0.1) is 11.0 Å². The molecular weight excluding hydrogens is 381 g/mol. The first kappa shape index (κ1) is 17.5. The SMILES string of the molecule is O=c1c2cc([N+](=O)[O-])c3ccccc3[n+]2[nH]n1-c1ccc(OC(F)(F)F)cc1. The van der Waals surface area contributed by atoms with Crippen molar-refractivity contribution < 1.29 is 27.3 Å². The summed E-state index contributed by atoms with van der Waals surface area (Å²) in [7, 11) is 0. The third-order valence-corrected chi connectivity index (χ3v) is 4.08. The zero-order valence-corrected chi connectivity index (χ0v) is 13.8. The Labute approximate surface area is 153 Å². The molecule has 0 unspecified atom stereocenters. The monoisotopic (exact) mass is 391 g/mol. The van der Waals surface area contributed by atoms with E-state index < -0.39 is 22.6 Å². The third kappa shape index (κ3) is 2.92. The van der Waals surface area contributed by atoms with Gasteiger partial charge in [-0.1, -0.05) is 22.0 Å². The largest absolute Gasteiger partial charge is 0.573 e. The summed E-state index contributed by atoms with van der Waals surface area (Å²) in [5, 5.41) is 14.5. The van der Waals surface area contributed by atoms with Crippen molar-refractivity contribution in [3.8, 4) is 11.4 Å². The third-order valence-electron chi connectivity index (χ3n) is 4.08. The van der Waals surface area contributed by atoms with Gasteiger partial charge in [0.15, 0.2) is 11.2 Å². The molecule has 0 saturated heterocycles. The highest BCUT2D eigenvalue weighted by Crippen LogP contribution is 2.25. The highest BCUT2D eigenvalue weighted by molar-refractivity contribution is 5.87. The molecule has 4 aromatic rings. The Morgan fingerprint density at radius 2 is 1.75 bits per heavy atom. The first-order chi connectivity index (χ1) is 13.2. The lowest BCUT2D eigenvalue weighted by Crippen LogP contribution is -2.26. The Hall–Kier alpha value is -3.89. The molecule has 0 atom stereocenters. The first-order valence-corrected chi connectivity index (χ1v) is 7.84. The van der Waals surface area contributed by atoms with Crippen LogP contribution < -0.4 is 14.8 Å². The van der Waals surface area contributed by atoms with Crippen LogP contribution in [0.2, 0.25) is 0 Å². The van der Waals surface area contributed by atoms with Crippen molar-refractivity contribution in [2.45, 2.75) is 6.36 Å². The Kier molecular flexibility index (Phi) is 3.80. The maximum Gasteiger partial charge on any atom is 0.573 e. The summed E-state index contributed by atoms with van der Waals surface area (Å²) in [6, 6.07) is 12.3. The molecule has 0 aliphatic rings. The van der Waals surface area contributed by atoms with Crippen LogP contribution in [0.3, 0.4) is 0 Å². The molecule has 0 fully saturated rings. The lowest BCUT2D eigenvalue weighted by molar-refractivity contribution is -0.556. The molecular formula is C17H10F3N4O4+. The molecule has 1 N–H and O–H groups in total. The van der Waals surface area contributed by atoms with Crippen molar-refractivity contribution >= 4 is 22.1 Å². The van der Waals surface area contributed by atoms with Gasteiger partial charge in [0.2, 0.25) is 0 Å². The molecule has 28 heavy (non-hydrogen) atoms. The number of hydrogen-bond donors (Lipinski definition) is 1. The number of nitro groups is 1. The van der Waals surface area contributed by atoms with E-state index in [1.165, 1.54) is 16.6 Å². The number of nitrogens with zero attached hydrogens (tertiary/aromatic N) is 3. The lowest BCUT2D eigenvalue weighted by atomic mass is 10.2. The molecule has 0 aliphatic carbocycles. The van der Waals surface area contributed by atoms with Gasteiger partial charge in [0.1, 0.15) is 11.1 Å². The predicted molar refractivity (Wildman–Crippen MR) is 90.4 cm³/mol. The topological polar surface area (TPSA) is 94.3 Å². The second-order valence-electron chi connectivity index (χ2n) is 5.81. The molecule has 0 aliphatic heterocycles. The summed E-state index contributed by atoms with van der Waals surface area (Å²) in [6.07, 6.45) is -4.83. The fourth-order valence-electron chi connectivity index (χ4n) is 2.93. The normalized spacial score (nSPS) is 11.8. The number of H-pyrrole nitrogens is 1. The maximum absolute atomic E-state index is 12.7. The van der Waals surface area contributed by atoms with Gasteiger partial charge in [-0.15, -0.1) is 17.7 Å². The average Bonchev–Trinajstić information content (AvgIpc) is 2.97. The number of pyridine rings is 1. The van der Waals surface area contributed by atoms with Gasteiger partial charge >= 0.3 is 11.9 Å². The van der Waals surface area contributed by atoms with Crippen LogP contribution in [0.1, 0.15) is 0 Å². The van der Waals surface area contributed by atoms with Gasteiger partial charge in [-0.05, 0) is 36.4 Å². The van der Waals surface area contributed by atoms with E-state index in [4.69, 9.17) is 0 Å². The number of para-hydroxylation sites is 1. The van der Waals surface area contributed by atoms with Crippen molar-refractivity contribution in [2.75, 3.05) is 0 Å². The molecule has 142 valence electrons. The summed E-state index contributed by atoms with van der Waals surface area (Å²) in [6.45, 7) is 0. The van der Waals surface area contributed by atoms with E-state index in [-0.39, 0.29) is 16.9 Å². The van der Waals surface area contributed by atoms with Crippen LogP contribution in [0, 0.1) is 10.1 Å². The molecule has 11 heteroatoms. The van der Waals surface area contributed by atoms with Crippen LogP contribution >= 0.6 is 0 Å². The Morgan fingerprint density at radius 3 is 2.39 bits per heavy atom. The summed E-state index contributed by atoms with van der Waals surface area (Å²) in [4.78, 5) is 23.5. The second kappa shape index (κ2) is 6.08. The molecule has 0 spiro atoms. The number of alkyl halides is 3. The standard InChI is InChI=1S/C17H9F3N4O4/c18-17(19,20)28-11-7-5-10(6-8-11)22-16(25)15-9-14(24(26)27)12-3-1-2-4-13(12)23(15)21-22/h1-9H/p+1. The van der Waals surface area contributed by atoms with Crippen molar-refractivity contribution in [1.29, 1.82) is 0 Å². The minimum atomic E-state index is -4.83. The van der Waals surface area contributed by atoms with E-state index in [2.05, 4.69) is 9.95 Å². The molecule has 2 aromatic carbocycles. The first-order valence-electron chi connectivity index (χ1n) is 7.84. The average molecular weight is 391 g/mol. The van der Waals surface area contributed by atoms with Crippen molar-refractivity contribution in [3.63, 3.8) is 0 Å². The van der Waals surface area contributed by atoms with Crippen LogP contribution in [0.15, 0.2) is 59.4 Å². The second-order valence-corrected chi connectivity index (χ2v) is 5.81. The van der Waals surface area contributed by atoms with Gasteiger partial charge in [0, 0.05) is 0 Å². The number of halogens is 3. The molecule has 0 radical (unpaired) electrons. The van der Waals surface area contributed by atoms with Crippen LogP contribution in [-0.4, -0.2) is 21.2 Å². The molecule has 0 bridgehead atoms. The summed E-state index contributed by atoms with van der Waals surface area (Å²) in [5.41, 5.74) is -0.179. The molecule has 2 aromatic heterocycles. The quantitative estimate of drug-likeness (QED) is 0.330. The number of nitrogens with one attached hydrogen (secondary N) is 1. The smallest absolute Gasteiger partial charge is 0.406 e. The van der Waals surface area contributed by atoms with Crippen LogP contribution in [0.25, 0.3) is 22.1 Å². The molecule has 0 amide bonds. The molecule has 4 rings (SSSR count). The fourth-order valence-corrected chi connectivity index (χ4v) is 2.93. The summed E-state index contributed by atoms with van der Waals surface area (Å²) < 4.78 is 43.1. The van der Waals surface area contributed by atoms with Gasteiger partial charge in [-0.2, -0.15) is 0 Å². The Bertz CT molecular complexity index is 1280. The van der Waals surface area contributed by atoms with Crippen molar-refractivity contribution in [3.05, 3.63) is 75.1 Å². The number of fused-ring (bicyclic) bond motifs is 3. The number of aromatic nitrogens is 3.